The third-order valence-corrected chi connectivity index (χ3v) is 3.80. The summed E-state index contributed by atoms with van der Waals surface area (Å²) in [5, 5.41) is 2.91. The van der Waals surface area contributed by atoms with E-state index >= 15 is 0 Å². The molecule has 5 heteroatoms. The van der Waals surface area contributed by atoms with Gasteiger partial charge in [-0.2, -0.15) is 0 Å². The van der Waals surface area contributed by atoms with Gasteiger partial charge in [-0.25, -0.2) is 0 Å². The Labute approximate surface area is 148 Å². The molecule has 0 spiro atoms. The maximum Gasteiger partial charge on any atom is 0.224 e. The van der Waals surface area contributed by atoms with E-state index in [0.717, 1.165) is 11.1 Å². The smallest absolute Gasteiger partial charge is 0.224 e. The summed E-state index contributed by atoms with van der Waals surface area (Å²) in [6.07, 6.45) is 0.983. The molecule has 0 heterocycles. The normalized spacial score (nSPS) is 10.2. The van der Waals surface area contributed by atoms with Crippen LogP contribution in [0.3, 0.4) is 0 Å². The van der Waals surface area contributed by atoms with Crippen LogP contribution in [0.15, 0.2) is 36.4 Å². The summed E-state index contributed by atoms with van der Waals surface area (Å²) in [6.45, 7) is 4.48. The van der Waals surface area contributed by atoms with E-state index < -0.39 is 0 Å². The maximum atomic E-state index is 12.3. The number of rotatable bonds is 8. The highest BCUT2D eigenvalue weighted by Crippen LogP contribution is 2.29. The molecule has 0 bridgehead atoms. The zero-order chi connectivity index (χ0) is 18.2. The summed E-state index contributed by atoms with van der Waals surface area (Å²) in [4.78, 5) is 12.3. The van der Waals surface area contributed by atoms with Gasteiger partial charge in [0.15, 0.2) is 11.5 Å². The fourth-order valence-electron chi connectivity index (χ4n) is 2.53. The average molecular weight is 343 g/mol. The highest BCUT2D eigenvalue weighted by Gasteiger charge is 2.10. The molecule has 134 valence electrons. The lowest BCUT2D eigenvalue weighted by Crippen LogP contribution is -2.13. The second-order valence-electron chi connectivity index (χ2n) is 5.67. The molecule has 0 aliphatic carbocycles. The van der Waals surface area contributed by atoms with Crippen LogP contribution in [0.2, 0.25) is 0 Å². The van der Waals surface area contributed by atoms with Crippen molar-refractivity contribution in [2.45, 2.75) is 26.7 Å². The van der Waals surface area contributed by atoms with Crippen molar-refractivity contribution in [1.82, 2.24) is 0 Å². The predicted octanol–water partition coefficient (Wildman–Crippen LogP) is 3.98. The van der Waals surface area contributed by atoms with Gasteiger partial charge < -0.3 is 19.5 Å². The van der Waals surface area contributed by atoms with Gasteiger partial charge >= 0.3 is 0 Å². The zero-order valence-electron chi connectivity index (χ0n) is 15.2. The maximum absolute atomic E-state index is 12.3. The van der Waals surface area contributed by atoms with E-state index in [1.807, 2.05) is 50.2 Å². The van der Waals surface area contributed by atoms with Crippen LogP contribution in [0.1, 0.15) is 24.5 Å². The van der Waals surface area contributed by atoms with E-state index in [1.165, 1.54) is 0 Å². The fraction of sp³-hybridized carbons (Fsp3) is 0.350. The number of hydrogen-bond acceptors (Lipinski definition) is 4. The molecular weight excluding hydrogens is 318 g/mol. The largest absolute Gasteiger partial charge is 0.495 e. The Bertz CT molecular complexity index is 728. The second-order valence-corrected chi connectivity index (χ2v) is 5.67. The fourth-order valence-corrected chi connectivity index (χ4v) is 2.53. The molecule has 1 amide bonds. The van der Waals surface area contributed by atoms with Gasteiger partial charge in [0.05, 0.1) is 26.5 Å². The van der Waals surface area contributed by atoms with Gasteiger partial charge in [0.1, 0.15) is 5.75 Å². The molecule has 25 heavy (non-hydrogen) atoms. The summed E-state index contributed by atoms with van der Waals surface area (Å²) in [5.74, 6) is 1.99. The quantitative estimate of drug-likeness (QED) is 0.787. The summed E-state index contributed by atoms with van der Waals surface area (Å²) in [7, 11) is 3.20. The second kappa shape index (κ2) is 8.97. The van der Waals surface area contributed by atoms with Crippen molar-refractivity contribution in [1.29, 1.82) is 0 Å². The monoisotopic (exact) mass is 343 g/mol. The Hall–Kier alpha value is -2.69. The van der Waals surface area contributed by atoms with Crippen LogP contribution < -0.4 is 19.5 Å². The number of methoxy groups -OCH3 is 2. The lowest BCUT2D eigenvalue weighted by molar-refractivity contribution is -0.116. The molecule has 0 atom stereocenters. The first-order valence-corrected chi connectivity index (χ1v) is 8.31. The molecule has 5 nitrogen and oxygen atoms in total. The van der Waals surface area contributed by atoms with Gasteiger partial charge in [-0.15, -0.1) is 0 Å². The molecule has 0 radical (unpaired) electrons. The van der Waals surface area contributed by atoms with Gasteiger partial charge in [0, 0.05) is 6.42 Å². The minimum absolute atomic E-state index is 0.0586. The average Bonchev–Trinajstić information content (AvgIpc) is 2.61. The van der Waals surface area contributed by atoms with Gasteiger partial charge in [0.2, 0.25) is 5.91 Å². The molecule has 0 aliphatic heterocycles. The molecule has 0 unspecified atom stereocenters. The third kappa shape index (κ3) is 5.14. The predicted molar refractivity (Wildman–Crippen MR) is 98.8 cm³/mol. The molecule has 2 aromatic rings. The molecule has 0 saturated heterocycles. The Morgan fingerprint density at radius 2 is 1.72 bits per heavy atom. The minimum Gasteiger partial charge on any atom is -0.495 e. The number of amides is 1. The van der Waals surface area contributed by atoms with Crippen LogP contribution in [0.25, 0.3) is 0 Å². The number of benzene rings is 2. The van der Waals surface area contributed by atoms with Crippen molar-refractivity contribution in [3.63, 3.8) is 0 Å². The highest BCUT2D eigenvalue weighted by molar-refractivity contribution is 5.92. The van der Waals surface area contributed by atoms with Crippen LogP contribution in [0.5, 0.6) is 17.2 Å². The van der Waals surface area contributed by atoms with E-state index in [1.54, 1.807) is 14.2 Å². The summed E-state index contributed by atoms with van der Waals surface area (Å²) in [6, 6.07) is 11.4. The minimum atomic E-state index is -0.0586. The van der Waals surface area contributed by atoms with Crippen molar-refractivity contribution in [2.24, 2.45) is 0 Å². The molecular formula is C20H25NO4. The summed E-state index contributed by atoms with van der Waals surface area (Å²) >= 11 is 0. The van der Waals surface area contributed by atoms with E-state index in [-0.39, 0.29) is 5.91 Å². The van der Waals surface area contributed by atoms with E-state index in [0.29, 0.717) is 42.4 Å². The summed E-state index contributed by atoms with van der Waals surface area (Å²) in [5.41, 5.74) is 2.77. The Morgan fingerprint density at radius 1 is 1.00 bits per heavy atom. The molecule has 0 fully saturated rings. The third-order valence-electron chi connectivity index (χ3n) is 3.80. The standard InChI is InChI=1S/C20H25NO4/c1-5-25-18-10-7-15(13-19(18)24-4)8-11-20(22)21-16-12-14(2)6-9-17(16)23-3/h6-7,9-10,12-13H,5,8,11H2,1-4H3,(H,21,22). The first kappa shape index (κ1) is 18.6. The van der Waals surface area contributed by atoms with Crippen molar-refractivity contribution in [3.8, 4) is 17.2 Å². The molecule has 2 aromatic carbocycles. The Balaban J connectivity index is 1.99. The van der Waals surface area contributed by atoms with Crippen LogP contribution in [-0.2, 0) is 11.2 Å². The molecule has 2 rings (SSSR count). The lowest BCUT2D eigenvalue weighted by atomic mass is 10.1. The Kier molecular flexibility index (Phi) is 6.69. The SMILES string of the molecule is CCOc1ccc(CCC(=O)Nc2cc(C)ccc2OC)cc1OC. The molecule has 0 saturated carbocycles. The van der Waals surface area contributed by atoms with Gasteiger partial charge in [0.25, 0.3) is 0 Å². The van der Waals surface area contributed by atoms with Crippen molar-refractivity contribution >= 4 is 11.6 Å². The van der Waals surface area contributed by atoms with Crippen LogP contribution in [-0.4, -0.2) is 26.7 Å². The number of hydrogen-bond donors (Lipinski definition) is 1. The molecule has 0 aromatic heterocycles. The molecule has 0 aliphatic rings. The van der Waals surface area contributed by atoms with Gasteiger partial charge in [-0.3, -0.25) is 4.79 Å². The number of ether oxygens (including phenoxy) is 3. The molecule has 1 N–H and O–H groups in total. The van der Waals surface area contributed by atoms with Crippen molar-refractivity contribution in [2.75, 3.05) is 26.1 Å². The van der Waals surface area contributed by atoms with E-state index in [9.17, 15) is 4.79 Å². The first-order chi connectivity index (χ1) is 12.1. The number of anilines is 1. The zero-order valence-corrected chi connectivity index (χ0v) is 15.2. The van der Waals surface area contributed by atoms with Crippen molar-refractivity contribution < 1.29 is 19.0 Å². The Morgan fingerprint density at radius 3 is 2.40 bits per heavy atom. The van der Waals surface area contributed by atoms with Crippen LogP contribution >= 0.6 is 0 Å². The summed E-state index contributed by atoms with van der Waals surface area (Å²) < 4.78 is 16.1. The number of nitrogens with one attached hydrogen (secondary N) is 1. The number of carbonyl (C=O) groups excluding carboxylic acids is 1. The number of carbonyl (C=O) groups is 1. The topological polar surface area (TPSA) is 56.8 Å². The van der Waals surface area contributed by atoms with Gasteiger partial charge in [-0.1, -0.05) is 12.1 Å². The van der Waals surface area contributed by atoms with E-state index in [4.69, 9.17) is 14.2 Å². The highest BCUT2D eigenvalue weighted by atomic mass is 16.5. The lowest BCUT2D eigenvalue weighted by Gasteiger charge is -2.12. The number of aryl methyl sites for hydroxylation is 2. The van der Waals surface area contributed by atoms with E-state index in [2.05, 4.69) is 5.32 Å². The van der Waals surface area contributed by atoms with Crippen LogP contribution in [0, 0.1) is 6.92 Å². The first-order valence-electron chi connectivity index (χ1n) is 8.31. The van der Waals surface area contributed by atoms with Crippen LogP contribution in [0.4, 0.5) is 5.69 Å². The van der Waals surface area contributed by atoms with Crippen molar-refractivity contribution in [3.05, 3.63) is 47.5 Å². The van der Waals surface area contributed by atoms with Gasteiger partial charge in [-0.05, 0) is 55.7 Å².